The molecule has 78 valence electrons. The van der Waals surface area contributed by atoms with Gasteiger partial charge in [-0.15, -0.1) is 0 Å². The zero-order valence-corrected chi connectivity index (χ0v) is 8.43. The van der Waals surface area contributed by atoms with Gasteiger partial charge in [0.2, 0.25) is 5.91 Å². The van der Waals surface area contributed by atoms with Crippen LogP contribution in [0.3, 0.4) is 0 Å². The molecule has 1 aliphatic carbocycles. The maximum absolute atomic E-state index is 11.4. The van der Waals surface area contributed by atoms with Crippen molar-refractivity contribution in [2.45, 2.75) is 6.92 Å². The fraction of sp³-hybridized carbons (Fsp3) is 0.273. The van der Waals surface area contributed by atoms with Crippen LogP contribution in [0.4, 0.5) is 0 Å². The molecule has 1 heterocycles. The Labute approximate surface area is 87.9 Å². The van der Waals surface area contributed by atoms with E-state index in [9.17, 15) is 9.59 Å². The number of nitrogens with one attached hydrogen (secondary N) is 1. The number of rotatable bonds is 1. The summed E-state index contributed by atoms with van der Waals surface area (Å²) in [6, 6.07) is 0. The van der Waals surface area contributed by atoms with Crippen molar-refractivity contribution in [3.05, 3.63) is 36.1 Å². The molecule has 0 aromatic rings. The minimum atomic E-state index is -0.0358. The molecule has 15 heavy (non-hydrogen) atoms. The average molecular weight is 204 g/mol. The molecule has 1 fully saturated rings. The van der Waals surface area contributed by atoms with Crippen LogP contribution in [0.5, 0.6) is 0 Å². The molecule has 0 bridgehead atoms. The molecule has 4 heteroatoms. The molecule has 0 unspecified atom stereocenters. The van der Waals surface area contributed by atoms with Gasteiger partial charge in [0.15, 0.2) is 5.78 Å². The van der Waals surface area contributed by atoms with Crippen LogP contribution in [0.1, 0.15) is 6.92 Å². The van der Waals surface area contributed by atoms with Gasteiger partial charge in [-0.25, -0.2) is 0 Å². The largest absolute Gasteiger partial charge is 0.291 e. The van der Waals surface area contributed by atoms with Crippen molar-refractivity contribution in [2.75, 3.05) is 6.54 Å². The summed E-state index contributed by atoms with van der Waals surface area (Å²) in [4.78, 5) is 22.6. The Kier molecular flexibility index (Phi) is 2.41. The van der Waals surface area contributed by atoms with Gasteiger partial charge in [-0.2, -0.15) is 0 Å². The molecule has 2 rings (SSSR count). The van der Waals surface area contributed by atoms with E-state index in [1.54, 1.807) is 29.4 Å². The van der Waals surface area contributed by atoms with E-state index >= 15 is 0 Å². The molecule has 0 spiro atoms. The van der Waals surface area contributed by atoms with Crippen molar-refractivity contribution in [1.29, 1.82) is 0 Å². The molecule has 0 saturated carbocycles. The average Bonchev–Trinajstić information content (AvgIpc) is 2.50. The zero-order valence-electron chi connectivity index (χ0n) is 8.43. The first-order valence-electron chi connectivity index (χ1n) is 4.85. The van der Waals surface area contributed by atoms with E-state index in [1.165, 1.54) is 6.08 Å². The smallest absolute Gasteiger partial charge is 0.243 e. The highest BCUT2D eigenvalue weighted by molar-refractivity contribution is 6.07. The second-order valence-electron chi connectivity index (χ2n) is 3.70. The molecular weight excluding hydrogens is 192 g/mol. The van der Waals surface area contributed by atoms with Crippen molar-refractivity contribution in [3.63, 3.8) is 0 Å². The van der Waals surface area contributed by atoms with Gasteiger partial charge in [0.1, 0.15) is 0 Å². The molecule has 0 radical (unpaired) electrons. The lowest BCUT2D eigenvalue weighted by molar-refractivity contribution is -0.123. The minimum Gasteiger partial charge on any atom is -0.291 e. The van der Waals surface area contributed by atoms with Gasteiger partial charge in [-0.1, -0.05) is 19.1 Å². The standard InChI is InChI=1S/C11H12N2O2/c1-8-6-13(12-11(8)15)7-9-4-2-3-5-10(9)14/h2-5,7-8H,6H2,1H3,(H,12,15)/b9-7-/t8-/m1/s1. The van der Waals surface area contributed by atoms with Crippen LogP contribution in [0, 0.1) is 5.92 Å². The van der Waals surface area contributed by atoms with Crippen molar-refractivity contribution in [2.24, 2.45) is 5.92 Å². The Hall–Kier alpha value is -1.84. The van der Waals surface area contributed by atoms with Crippen LogP contribution in [0.25, 0.3) is 0 Å². The lowest BCUT2D eigenvalue weighted by Gasteiger charge is -2.13. The summed E-state index contributed by atoms with van der Waals surface area (Å²) >= 11 is 0. The van der Waals surface area contributed by atoms with Crippen LogP contribution in [0.2, 0.25) is 0 Å². The van der Waals surface area contributed by atoms with Crippen LogP contribution < -0.4 is 5.43 Å². The van der Waals surface area contributed by atoms with Crippen molar-refractivity contribution in [3.8, 4) is 0 Å². The lowest BCUT2D eigenvalue weighted by Crippen LogP contribution is -2.29. The first kappa shape index (κ1) is 9.71. The van der Waals surface area contributed by atoms with E-state index in [4.69, 9.17) is 0 Å². The highest BCUT2D eigenvalue weighted by Gasteiger charge is 2.25. The SMILES string of the molecule is C[C@@H]1CN(/C=C2/C=CC=CC2=O)NC1=O. The van der Waals surface area contributed by atoms with E-state index in [-0.39, 0.29) is 17.6 Å². The number of hydrazine groups is 1. The summed E-state index contributed by atoms with van der Waals surface area (Å²) < 4.78 is 0. The number of hydrogen-bond donors (Lipinski definition) is 1. The second-order valence-corrected chi connectivity index (χ2v) is 3.70. The highest BCUT2D eigenvalue weighted by Crippen LogP contribution is 2.12. The van der Waals surface area contributed by atoms with Crippen molar-refractivity contribution < 1.29 is 9.59 Å². The molecule has 1 aliphatic heterocycles. The van der Waals surface area contributed by atoms with Crippen LogP contribution in [-0.4, -0.2) is 23.2 Å². The van der Waals surface area contributed by atoms with Gasteiger partial charge >= 0.3 is 0 Å². The predicted octanol–water partition coefficient (Wildman–Crippen LogP) is 0.548. The maximum Gasteiger partial charge on any atom is 0.243 e. The van der Waals surface area contributed by atoms with Gasteiger partial charge in [-0.3, -0.25) is 20.0 Å². The Morgan fingerprint density at radius 3 is 2.73 bits per heavy atom. The summed E-state index contributed by atoms with van der Waals surface area (Å²) in [5, 5.41) is 1.66. The number of amides is 1. The summed E-state index contributed by atoms with van der Waals surface area (Å²) in [6.45, 7) is 2.46. The molecule has 4 nitrogen and oxygen atoms in total. The van der Waals surface area contributed by atoms with E-state index in [2.05, 4.69) is 5.43 Å². The van der Waals surface area contributed by atoms with Gasteiger partial charge in [0, 0.05) is 11.8 Å². The molecule has 2 aliphatic rings. The Bertz CT molecular complexity index is 393. The molecule has 1 saturated heterocycles. The normalized spacial score (nSPS) is 27.7. The third kappa shape index (κ3) is 1.98. The van der Waals surface area contributed by atoms with Crippen molar-refractivity contribution in [1.82, 2.24) is 10.4 Å². The third-order valence-electron chi connectivity index (χ3n) is 2.39. The number of ketones is 1. The van der Waals surface area contributed by atoms with E-state index in [0.29, 0.717) is 12.1 Å². The molecular formula is C11H12N2O2. The summed E-state index contributed by atoms with van der Waals surface area (Å²) in [7, 11) is 0. The maximum atomic E-state index is 11.4. The first-order valence-corrected chi connectivity index (χ1v) is 4.85. The van der Waals surface area contributed by atoms with E-state index < -0.39 is 0 Å². The first-order chi connectivity index (χ1) is 7.16. The highest BCUT2D eigenvalue weighted by atomic mass is 16.2. The zero-order chi connectivity index (χ0) is 10.8. The van der Waals surface area contributed by atoms with Gasteiger partial charge in [0.05, 0.1) is 12.5 Å². The van der Waals surface area contributed by atoms with Gasteiger partial charge in [-0.05, 0) is 12.2 Å². The molecule has 1 N–H and O–H groups in total. The summed E-state index contributed by atoms with van der Waals surface area (Å²) in [5.74, 6) is -0.0685. The Balaban J connectivity index is 2.11. The van der Waals surface area contributed by atoms with Crippen LogP contribution >= 0.6 is 0 Å². The quantitative estimate of drug-likeness (QED) is 0.634. The molecule has 1 atom stereocenters. The predicted molar refractivity (Wildman–Crippen MR) is 55.4 cm³/mol. The number of hydrogen-bond acceptors (Lipinski definition) is 3. The fourth-order valence-corrected chi connectivity index (χ4v) is 1.52. The number of nitrogens with zero attached hydrogens (tertiary/aromatic N) is 1. The summed E-state index contributed by atoms with van der Waals surface area (Å²) in [5.41, 5.74) is 3.27. The lowest BCUT2D eigenvalue weighted by atomic mass is 10.1. The summed E-state index contributed by atoms with van der Waals surface area (Å²) in [6.07, 6.45) is 8.41. The topological polar surface area (TPSA) is 49.4 Å². The van der Waals surface area contributed by atoms with Gasteiger partial charge < -0.3 is 0 Å². The number of carbonyl (C=O) groups excluding carboxylic acids is 2. The fourth-order valence-electron chi connectivity index (χ4n) is 1.52. The van der Waals surface area contributed by atoms with Crippen LogP contribution in [-0.2, 0) is 9.59 Å². The second kappa shape index (κ2) is 3.73. The van der Waals surface area contributed by atoms with Crippen molar-refractivity contribution >= 4 is 11.7 Å². The number of allylic oxidation sites excluding steroid dienone is 5. The minimum absolute atomic E-state index is 0.00497. The molecule has 0 aromatic carbocycles. The van der Waals surface area contributed by atoms with E-state index in [0.717, 1.165) is 0 Å². The Morgan fingerprint density at radius 2 is 2.13 bits per heavy atom. The molecule has 0 aromatic heterocycles. The van der Waals surface area contributed by atoms with E-state index in [1.807, 2.05) is 6.92 Å². The Morgan fingerprint density at radius 1 is 1.40 bits per heavy atom. The molecule has 1 amide bonds. The van der Waals surface area contributed by atoms with Crippen LogP contribution in [0.15, 0.2) is 36.1 Å². The third-order valence-corrected chi connectivity index (χ3v) is 2.39. The van der Waals surface area contributed by atoms with Gasteiger partial charge in [0.25, 0.3) is 0 Å². The number of carbonyl (C=O) groups is 2. The monoisotopic (exact) mass is 204 g/mol.